The maximum Gasteiger partial charge on any atom is 0.139 e. The largest absolute Gasteiger partial charge is 0.335 e. The van der Waals surface area contributed by atoms with Crippen molar-refractivity contribution in [3.63, 3.8) is 0 Å². The predicted molar refractivity (Wildman–Crippen MR) is 74.2 cm³/mol. The lowest BCUT2D eigenvalue weighted by Crippen LogP contribution is -3.20. The van der Waals surface area contributed by atoms with Crippen LogP contribution in [-0.2, 0) is 6.54 Å². The van der Waals surface area contributed by atoms with Crippen LogP contribution in [0.5, 0.6) is 0 Å². The number of rotatable bonds is 3. The second-order valence-electron chi connectivity index (χ2n) is 5.63. The molecule has 0 unspecified atom stereocenters. The second kappa shape index (κ2) is 5.38. The fourth-order valence-corrected chi connectivity index (χ4v) is 3.91. The Labute approximate surface area is 118 Å². The van der Waals surface area contributed by atoms with E-state index in [1.807, 2.05) is 12.1 Å². The zero-order chi connectivity index (χ0) is 12.5. The summed E-state index contributed by atoms with van der Waals surface area (Å²) in [6.07, 6.45) is 2.82. The first-order chi connectivity index (χ1) is 8.72. The van der Waals surface area contributed by atoms with E-state index in [0.717, 1.165) is 28.5 Å². The Kier molecular flexibility index (Phi) is 3.81. The third-order valence-corrected chi connectivity index (χ3v) is 5.11. The van der Waals surface area contributed by atoms with Gasteiger partial charge in [0.1, 0.15) is 19.1 Å². The van der Waals surface area contributed by atoms with Crippen molar-refractivity contribution in [2.45, 2.75) is 25.4 Å². The molecule has 0 saturated carbocycles. The maximum absolute atomic E-state index is 6.22. The average Bonchev–Trinajstić information content (AvgIpc) is 2.39. The maximum atomic E-state index is 6.22. The Morgan fingerprint density at radius 1 is 1.22 bits per heavy atom. The van der Waals surface area contributed by atoms with Gasteiger partial charge in [0.2, 0.25) is 0 Å². The number of hydrogen-bond acceptors (Lipinski definition) is 0. The lowest BCUT2D eigenvalue weighted by atomic mass is 9.84. The number of nitrogens with one attached hydrogen (secondary N) is 1. The summed E-state index contributed by atoms with van der Waals surface area (Å²) < 4.78 is 0. The summed E-state index contributed by atoms with van der Waals surface area (Å²) in [4.78, 5) is 1.79. The molecular weight excluding hydrogens is 267 g/mol. The van der Waals surface area contributed by atoms with Gasteiger partial charge in [-0.15, -0.1) is 0 Å². The van der Waals surface area contributed by atoms with Crippen molar-refractivity contribution < 1.29 is 10.2 Å². The number of quaternary nitrogens is 2. The van der Waals surface area contributed by atoms with E-state index in [2.05, 4.69) is 11.4 Å². The number of nitrogens with two attached hydrogens (primary N) is 1. The Balaban J connectivity index is 1.61. The molecule has 0 spiro atoms. The molecular formula is C14H20Cl2N2+2. The third-order valence-electron chi connectivity index (χ3n) is 4.52. The fourth-order valence-electron chi connectivity index (χ4n) is 3.42. The van der Waals surface area contributed by atoms with Gasteiger partial charge in [-0.1, -0.05) is 29.3 Å². The zero-order valence-electron chi connectivity index (χ0n) is 10.5. The molecule has 1 atom stereocenters. The van der Waals surface area contributed by atoms with Gasteiger partial charge in [-0.2, -0.15) is 0 Å². The van der Waals surface area contributed by atoms with Crippen molar-refractivity contribution in [2.24, 2.45) is 5.92 Å². The molecule has 0 radical (unpaired) electrons. The molecule has 3 fully saturated rings. The highest BCUT2D eigenvalue weighted by molar-refractivity contribution is 6.35. The summed E-state index contributed by atoms with van der Waals surface area (Å²) >= 11 is 12.1. The standard InChI is InChI=1S/C14H18Cl2N2/c15-12-2-1-11(13(16)7-12)8-17-14-9-18-5-3-10(14)4-6-18/h1-2,7,10,14,17H,3-6,8-9H2/p+2/t14-/m0/s1. The van der Waals surface area contributed by atoms with E-state index in [1.54, 1.807) is 4.90 Å². The van der Waals surface area contributed by atoms with Crippen molar-refractivity contribution in [3.05, 3.63) is 33.8 Å². The molecule has 2 bridgehead atoms. The van der Waals surface area contributed by atoms with E-state index in [0.29, 0.717) is 0 Å². The molecule has 98 valence electrons. The van der Waals surface area contributed by atoms with Crippen LogP contribution in [0, 0.1) is 5.92 Å². The highest BCUT2D eigenvalue weighted by Gasteiger charge is 2.39. The van der Waals surface area contributed by atoms with E-state index in [-0.39, 0.29) is 0 Å². The van der Waals surface area contributed by atoms with Crippen LogP contribution in [-0.4, -0.2) is 25.7 Å². The van der Waals surface area contributed by atoms with Crippen LogP contribution in [0.25, 0.3) is 0 Å². The Hall–Kier alpha value is -0.280. The molecule has 0 aliphatic carbocycles. The zero-order valence-corrected chi connectivity index (χ0v) is 12.0. The molecule has 3 N–H and O–H groups in total. The Morgan fingerprint density at radius 2 is 2.00 bits per heavy atom. The van der Waals surface area contributed by atoms with Gasteiger partial charge in [-0.3, -0.25) is 0 Å². The first-order valence-corrected chi connectivity index (χ1v) is 7.59. The van der Waals surface area contributed by atoms with Gasteiger partial charge in [-0.05, 0) is 12.1 Å². The topological polar surface area (TPSA) is 21.1 Å². The summed E-state index contributed by atoms with van der Waals surface area (Å²) in [5.41, 5.74) is 1.20. The van der Waals surface area contributed by atoms with Crippen molar-refractivity contribution in [2.75, 3.05) is 19.6 Å². The summed E-state index contributed by atoms with van der Waals surface area (Å²) in [6, 6.07) is 6.61. The molecule has 4 rings (SSSR count). The first-order valence-electron chi connectivity index (χ1n) is 6.83. The Bertz CT molecular complexity index is 428. The van der Waals surface area contributed by atoms with Gasteiger partial charge in [0.05, 0.1) is 18.1 Å². The van der Waals surface area contributed by atoms with Crippen molar-refractivity contribution in [3.8, 4) is 0 Å². The smallest absolute Gasteiger partial charge is 0.139 e. The molecule has 0 aromatic heterocycles. The van der Waals surface area contributed by atoms with Crippen LogP contribution in [0.3, 0.4) is 0 Å². The summed E-state index contributed by atoms with van der Waals surface area (Å²) in [5, 5.41) is 4.00. The number of piperidine rings is 3. The normalized spacial score (nSPS) is 30.7. The molecule has 3 saturated heterocycles. The SMILES string of the molecule is Clc1ccc(C[NH2+][C@H]2C[NH+]3CCC2CC3)c(Cl)c1. The molecule has 3 heterocycles. The minimum atomic E-state index is 0.719. The lowest BCUT2D eigenvalue weighted by Gasteiger charge is -2.40. The van der Waals surface area contributed by atoms with E-state index in [4.69, 9.17) is 23.2 Å². The number of benzene rings is 1. The van der Waals surface area contributed by atoms with E-state index < -0.39 is 0 Å². The van der Waals surface area contributed by atoms with Gasteiger partial charge in [-0.25, -0.2) is 0 Å². The molecule has 1 aromatic carbocycles. The fraction of sp³-hybridized carbons (Fsp3) is 0.571. The first kappa shape index (κ1) is 12.7. The number of hydrogen-bond donors (Lipinski definition) is 2. The van der Waals surface area contributed by atoms with Crippen LogP contribution >= 0.6 is 23.2 Å². The molecule has 0 amide bonds. The summed E-state index contributed by atoms with van der Waals surface area (Å²) in [5.74, 6) is 0.925. The molecule has 18 heavy (non-hydrogen) atoms. The van der Waals surface area contributed by atoms with Crippen molar-refractivity contribution in [1.29, 1.82) is 0 Å². The van der Waals surface area contributed by atoms with Gasteiger partial charge >= 0.3 is 0 Å². The molecule has 1 aromatic rings. The van der Waals surface area contributed by atoms with E-state index in [9.17, 15) is 0 Å². The number of fused-ring (bicyclic) bond motifs is 3. The van der Waals surface area contributed by atoms with Gasteiger partial charge < -0.3 is 10.2 Å². The molecule has 3 aliphatic rings. The minimum Gasteiger partial charge on any atom is -0.335 e. The summed E-state index contributed by atoms with van der Waals surface area (Å²) in [7, 11) is 0. The minimum absolute atomic E-state index is 0.719. The highest BCUT2D eigenvalue weighted by atomic mass is 35.5. The van der Waals surface area contributed by atoms with E-state index in [1.165, 1.54) is 38.0 Å². The van der Waals surface area contributed by atoms with Crippen molar-refractivity contribution in [1.82, 2.24) is 0 Å². The monoisotopic (exact) mass is 286 g/mol. The van der Waals surface area contributed by atoms with Gasteiger partial charge in [0.25, 0.3) is 0 Å². The molecule has 3 aliphatic heterocycles. The van der Waals surface area contributed by atoms with Gasteiger partial charge in [0, 0.05) is 29.3 Å². The van der Waals surface area contributed by atoms with E-state index >= 15 is 0 Å². The third kappa shape index (κ3) is 2.67. The Morgan fingerprint density at radius 3 is 2.61 bits per heavy atom. The molecule has 2 nitrogen and oxygen atoms in total. The quantitative estimate of drug-likeness (QED) is 0.818. The van der Waals surface area contributed by atoms with Crippen molar-refractivity contribution >= 4 is 23.2 Å². The lowest BCUT2D eigenvalue weighted by molar-refractivity contribution is -0.943. The van der Waals surface area contributed by atoms with Gasteiger partial charge in [0.15, 0.2) is 0 Å². The summed E-state index contributed by atoms with van der Waals surface area (Å²) in [6.45, 7) is 5.08. The van der Waals surface area contributed by atoms with Crippen LogP contribution in [0.4, 0.5) is 0 Å². The van der Waals surface area contributed by atoms with Crippen LogP contribution in [0.2, 0.25) is 10.0 Å². The molecule has 4 heteroatoms. The van der Waals surface area contributed by atoms with Crippen LogP contribution in [0.15, 0.2) is 18.2 Å². The highest BCUT2D eigenvalue weighted by Crippen LogP contribution is 2.20. The predicted octanol–water partition coefficient (Wildman–Crippen LogP) is 0.734. The van der Waals surface area contributed by atoms with Crippen LogP contribution in [0.1, 0.15) is 18.4 Å². The van der Waals surface area contributed by atoms with Crippen LogP contribution < -0.4 is 10.2 Å². The number of halogens is 2. The average molecular weight is 287 g/mol. The second-order valence-corrected chi connectivity index (χ2v) is 6.47.